The van der Waals surface area contributed by atoms with Crippen molar-refractivity contribution in [1.82, 2.24) is 0 Å². The molecule has 132 valence electrons. The first-order valence-electron chi connectivity index (χ1n) is 7.50. The van der Waals surface area contributed by atoms with Crippen molar-refractivity contribution >= 4 is 17.9 Å². The molecule has 0 aromatic carbocycles. The highest BCUT2D eigenvalue weighted by Gasteiger charge is 2.62. The first-order valence-corrected chi connectivity index (χ1v) is 7.50. The van der Waals surface area contributed by atoms with Crippen LogP contribution in [0.3, 0.4) is 0 Å². The number of esters is 3. The Kier molecular flexibility index (Phi) is 6.12. The number of hydrogen-bond donors (Lipinski definition) is 0. The van der Waals surface area contributed by atoms with Crippen molar-refractivity contribution in [1.29, 1.82) is 0 Å². The van der Waals surface area contributed by atoms with Crippen molar-refractivity contribution in [3.8, 4) is 0 Å². The first-order chi connectivity index (χ1) is 10.6. The molecule has 1 fully saturated rings. The van der Waals surface area contributed by atoms with Crippen molar-refractivity contribution in [3.63, 3.8) is 0 Å². The Morgan fingerprint density at radius 3 is 1.87 bits per heavy atom. The van der Waals surface area contributed by atoms with Crippen molar-refractivity contribution in [2.24, 2.45) is 0 Å². The fraction of sp³-hybridized carbons (Fsp3) is 0.800. The Labute approximate surface area is 135 Å². The van der Waals surface area contributed by atoms with Crippen molar-refractivity contribution < 1.29 is 38.1 Å². The molecule has 23 heavy (non-hydrogen) atoms. The van der Waals surface area contributed by atoms with Gasteiger partial charge in [-0.15, -0.1) is 0 Å². The summed E-state index contributed by atoms with van der Waals surface area (Å²) in [5, 5.41) is 0. The lowest BCUT2D eigenvalue weighted by Crippen LogP contribution is -2.51. The van der Waals surface area contributed by atoms with E-state index in [1.807, 2.05) is 0 Å². The summed E-state index contributed by atoms with van der Waals surface area (Å²) in [5.74, 6) is -5.26. The predicted octanol–water partition coefficient (Wildman–Crippen LogP) is 0.954. The lowest BCUT2D eigenvalue weighted by Gasteiger charge is -2.24. The Hall–Kier alpha value is -1.67. The minimum Gasteiger partial charge on any atom is -0.462 e. The van der Waals surface area contributed by atoms with Crippen LogP contribution in [-0.2, 0) is 38.1 Å². The van der Waals surface area contributed by atoms with Crippen LogP contribution >= 0.6 is 0 Å². The Bertz CT molecular complexity index is 447. The molecular weight excluding hydrogens is 308 g/mol. The van der Waals surface area contributed by atoms with Crippen LogP contribution in [0.4, 0.5) is 0 Å². The monoisotopic (exact) mass is 332 g/mol. The highest BCUT2D eigenvalue weighted by molar-refractivity contribution is 6.02. The van der Waals surface area contributed by atoms with Crippen molar-refractivity contribution in [2.75, 3.05) is 13.2 Å². The molecule has 1 aliphatic heterocycles. The quantitative estimate of drug-likeness (QED) is 0.417. The zero-order valence-electron chi connectivity index (χ0n) is 14.3. The first kappa shape index (κ1) is 19.4. The molecule has 1 rings (SSSR count). The molecule has 0 N–H and O–H groups in total. The zero-order chi connectivity index (χ0) is 17.8. The zero-order valence-corrected chi connectivity index (χ0v) is 14.3. The molecule has 0 bridgehead atoms. The SMILES string of the molecule is CCOC(=O)C1(C(=O)OCC)O[C@@H](C)[C@@H](C(=O)OC(C)(C)C)O1. The Morgan fingerprint density at radius 2 is 1.48 bits per heavy atom. The van der Waals surface area contributed by atoms with Gasteiger partial charge in [-0.2, -0.15) is 0 Å². The molecule has 1 saturated heterocycles. The van der Waals surface area contributed by atoms with E-state index in [9.17, 15) is 14.4 Å². The molecule has 0 radical (unpaired) electrons. The van der Waals surface area contributed by atoms with Crippen LogP contribution in [0.25, 0.3) is 0 Å². The van der Waals surface area contributed by atoms with Gasteiger partial charge in [0.25, 0.3) is 0 Å². The summed E-state index contributed by atoms with van der Waals surface area (Å²) in [6.07, 6.45) is -2.14. The molecular formula is C15H24O8. The van der Waals surface area contributed by atoms with E-state index in [2.05, 4.69) is 0 Å². The summed E-state index contributed by atoms with van der Waals surface area (Å²) in [5.41, 5.74) is -0.751. The predicted molar refractivity (Wildman–Crippen MR) is 77.3 cm³/mol. The van der Waals surface area contributed by atoms with E-state index in [4.69, 9.17) is 23.7 Å². The highest BCUT2D eigenvalue weighted by atomic mass is 16.8. The van der Waals surface area contributed by atoms with Crippen LogP contribution in [-0.4, -0.2) is 54.7 Å². The van der Waals surface area contributed by atoms with Gasteiger partial charge in [0.1, 0.15) is 5.60 Å². The molecule has 8 nitrogen and oxygen atoms in total. The lowest BCUT2D eigenvalue weighted by molar-refractivity contribution is -0.228. The summed E-state index contributed by atoms with van der Waals surface area (Å²) in [6.45, 7) is 9.73. The maximum absolute atomic E-state index is 12.2. The molecule has 0 aliphatic carbocycles. The van der Waals surface area contributed by atoms with Crippen molar-refractivity contribution in [2.45, 2.75) is 65.1 Å². The molecule has 0 aromatic rings. The normalized spacial score (nSPS) is 23.2. The van der Waals surface area contributed by atoms with Gasteiger partial charge in [-0.3, -0.25) is 0 Å². The highest BCUT2D eigenvalue weighted by Crippen LogP contribution is 2.33. The van der Waals surface area contributed by atoms with Gasteiger partial charge in [-0.25, -0.2) is 14.4 Å². The van der Waals surface area contributed by atoms with E-state index < -0.39 is 41.5 Å². The second-order valence-electron chi connectivity index (χ2n) is 5.95. The van der Waals surface area contributed by atoms with E-state index in [1.165, 1.54) is 6.92 Å². The second-order valence-corrected chi connectivity index (χ2v) is 5.95. The van der Waals surface area contributed by atoms with Crippen LogP contribution in [0, 0.1) is 0 Å². The number of carbonyl (C=O) groups excluding carboxylic acids is 3. The molecule has 2 atom stereocenters. The van der Waals surface area contributed by atoms with Gasteiger partial charge in [-0.1, -0.05) is 0 Å². The summed E-state index contributed by atoms with van der Waals surface area (Å²) in [6, 6.07) is 0. The number of rotatable bonds is 5. The molecule has 0 aromatic heterocycles. The van der Waals surface area contributed by atoms with Gasteiger partial charge in [0.2, 0.25) is 0 Å². The maximum Gasteiger partial charge on any atom is 0.379 e. The largest absolute Gasteiger partial charge is 0.462 e. The van der Waals surface area contributed by atoms with Crippen molar-refractivity contribution in [3.05, 3.63) is 0 Å². The third-order valence-electron chi connectivity index (χ3n) is 2.80. The van der Waals surface area contributed by atoms with Gasteiger partial charge in [0.05, 0.1) is 19.3 Å². The molecule has 0 unspecified atom stereocenters. The third kappa shape index (κ3) is 4.42. The summed E-state index contributed by atoms with van der Waals surface area (Å²) in [4.78, 5) is 36.5. The number of ether oxygens (including phenoxy) is 5. The molecule has 1 heterocycles. The van der Waals surface area contributed by atoms with Gasteiger partial charge in [-0.05, 0) is 41.5 Å². The molecule has 0 saturated carbocycles. The fourth-order valence-corrected chi connectivity index (χ4v) is 1.95. The molecule has 8 heteroatoms. The van der Waals surface area contributed by atoms with Gasteiger partial charge >= 0.3 is 23.7 Å². The van der Waals surface area contributed by atoms with E-state index in [1.54, 1.807) is 34.6 Å². The van der Waals surface area contributed by atoms with Crippen LogP contribution < -0.4 is 0 Å². The van der Waals surface area contributed by atoms with Gasteiger partial charge < -0.3 is 23.7 Å². The summed E-state index contributed by atoms with van der Waals surface area (Å²) < 4.78 is 25.6. The molecule has 1 aliphatic rings. The molecule has 0 spiro atoms. The summed E-state index contributed by atoms with van der Waals surface area (Å²) >= 11 is 0. The maximum atomic E-state index is 12.2. The Balaban J connectivity index is 3.04. The molecule has 0 amide bonds. The minimum absolute atomic E-state index is 0.0121. The van der Waals surface area contributed by atoms with Gasteiger partial charge in [0.15, 0.2) is 6.10 Å². The Morgan fingerprint density at radius 1 is 1.00 bits per heavy atom. The van der Waals surface area contributed by atoms with E-state index in [0.29, 0.717) is 0 Å². The third-order valence-corrected chi connectivity index (χ3v) is 2.80. The lowest BCUT2D eigenvalue weighted by atomic mass is 10.2. The smallest absolute Gasteiger partial charge is 0.379 e. The average molecular weight is 332 g/mol. The van der Waals surface area contributed by atoms with E-state index >= 15 is 0 Å². The standard InChI is InChI=1S/C15H24O8/c1-7-19-12(17)15(13(18)20-8-2)21-9(3)10(22-15)11(16)23-14(4,5)6/h9-10H,7-8H2,1-6H3/t9-,10-/m0/s1. The fourth-order valence-electron chi connectivity index (χ4n) is 1.95. The number of carbonyl (C=O) groups is 3. The topological polar surface area (TPSA) is 97.4 Å². The minimum atomic E-state index is -2.41. The van der Waals surface area contributed by atoms with E-state index in [0.717, 1.165) is 0 Å². The second kappa shape index (κ2) is 7.27. The van der Waals surface area contributed by atoms with Crippen LogP contribution in [0.1, 0.15) is 41.5 Å². The van der Waals surface area contributed by atoms with Crippen LogP contribution in [0.15, 0.2) is 0 Å². The summed E-state index contributed by atoms with van der Waals surface area (Å²) in [7, 11) is 0. The van der Waals surface area contributed by atoms with Gasteiger partial charge in [0, 0.05) is 0 Å². The number of hydrogen-bond acceptors (Lipinski definition) is 8. The van der Waals surface area contributed by atoms with Crippen LogP contribution in [0.2, 0.25) is 0 Å². The average Bonchev–Trinajstić information content (AvgIpc) is 2.76. The van der Waals surface area contributed by atoms with Crippen LogP contribution in [0.5, 0.6) is 0 Å². The van der Waals surface area contributed by atoms with E-state index in [-0.39, 0.29) is 13.2 Å².